The number of hydrogen-bond acceptors (Lipinski definition) is 2. The minimum atomic E-state index is 0.598. The van der Waals surface area contributed by atoms with Gasteiger partial charge in [0.1, 0.15) is 5.65 Å². The van der Waals surface area contributed by atoms with E-state index in [0.29, 0.717) is 6.04 Å². The number of imidazole rings is 1. The van der Waals surface area contributed by atoms with E-state index in [2.05, 4.69) is 16.5 Å². The molecule has 0 radical (unpaired) electrons. The SMILES string of the molecule is Clc1ccc2nc(CC3CCCN3)cn2c1. The van der Waals surface area contributed by atoms with Crippen molar-refractivity contribution < 1.29 is 0 Å². The molecule has 0 aromatic carbocycles. The van der Waals surface area contributed by atoms with Crippen molar-refractivity contribution in [2.75, 3.05) is 6.54 Å². The Balaban J connectivity index is 1.86. The molecule has 1 saturated heterocycles. The van der Waals surface area contributed by atoms with Crippen molar-refractivity contribution in [1.82, 2.24) is 14.7 Å². The highest BCUT2D eigenvalue weighted by molar-refractivity contribution is 6.30. The molecule has 0 saturated carbocycles. The standard InChI is InChI=1S/C12H14ClN3/c13-9-3-4-12-15-11(8-16(12)7-9)6-10-2-1-5-14-10/h3-4,7-8,10,14H,1-2,5-6H2. The molecular formula is C12H14ClN3. The summed E-state index contributed by atoms with van der Waals surface area (Å²) < 4.78 is 1.99. The van der Waals surface area contributed by atoms with Crippen LogP contribution in [0.1, 0.15) is 18.5 Å². The van der Waals surface area contributed by atoms with Gasteiger partial charge in [0.2, 0.25) is 0 Å². The van der Waals surface area contributed by atoms with Crippen molar-refractivity contribution in [3.63, 3.8) is 0 Å². The number of nitrogens with zero attached hydrogens (tertiary/aromatic N) is 2. The topological polar surface area (TPSA) is 29.3 Å². The van der Waals surface area contributed by atoms with Gasteiger partial charge in [0.25, 0.3) is 0 Å². The third kappa shape index (κ3) is 1.93. The molecule has 2 aromatic rings. The van der Waals surface area contributed by atoms with Crippen LogP contribution in [0.25, 0.3) is 5.65 Å². The normalized spacial score (nSPS) is 20.7. The quantitative estimate of drug-likeness (QED) is 0.866. The Morgan fingerprint density at radius 3 is 3.19 bits per heavy atom. The maximum absolute atomic E-state index is 5.94. The maximum atomic E-state index is 5.94. The van der Waals surface area contributed by atoms with Gasteiger partial charge in [-0.15, -0.1) is 0 Å². The molecule has 3 nitrogen and oxygen atoms in total. The minimum absolute atomic E-state index is 0.598. The molecule has 16 heavy (non-hydrogen) atoms. The number of nitrogens with one attached hydrogen (secondary N) is 1. The van der Waals surface area contributed by atoms with E-state index >= 15 is 0 Å². The number of hydrogen-bond donors (Lipinski definition) is 1. The van der Waals surface area contributed by atoms with Crippen LogP contribution in [0.15, 0.2) is 24.5 Å². The van der Waals surface area contributed by atoms with Crippen molar-refractivity contribution in [3.8, 4) is 0 Å². The van der Waals surface area contributed by atoms with Crippen LogP contribution in [-0.2, 0) is 6.42 Å². The van der Waals surface area contributed by atoms with E-state index in [4.69, 9.17) is 11.6 Å². The largest absolute Gasteiger partial charge is 0.314 e. The zero-order valence-corrected chi connectivity index (χ0v) is 9.74. The van der Waals surface area contributed by atoms with Crippen molar-refractivity contribution in [2.24, 2.45) is 0 Å². The van der Waals surface area contributed by atoms with E-state index in [1.807, 2.05) is 22.7 Å². The minimum Gasteiger partial charge on any atom is -0.314 e. The summed E-state index contributed by atoms with van der Waals surface area (Å²) in [5.41, 5.74) is 2.11. The molecular weight excluding hydrogens is 222 g/mol. The third-order valence-corrected chi connectivity index (χ3v) is 3.31. The van der Waals surface area contributed by atoms with Crippen LogP contribution in [0, 0.1) is 0 Å². The third-order valence-electron chi connectivity index (χ3n) is 3.08. The monoisotopic (exact) mass is 235 g/mol. The average molecular weight is 236 g/mol. The van der Waals surface area contributed by atoms with E-state index in [0.717, 1.165) is 29.3 Å². The van der Waals surface area contributed by atoms with Gasteiger partial charge < -0.3 is 9.72 Å². The van der Waals surface area contributed by atoms with Gasteiger partial charge in [0.05, 0.1) is 10.7 Å². The molecule has 84 valence electrons. The summed E-state index contributed by atoms with van der Waals surface area (Å²) in [7, 11) is 0. The molecule has 1 N–H and O–H groups in total. The number of pyridine rings is 1. The Morgan fingerprint density at radius 2 is 2.38 bits per heavy atom. The summed E-state index contributed by atoms with van der Waals surface area (Å²) in [4.78, 5) is 4.58. The summed E-state index contributed by atoms with van der Waals surface area (Å²) >= 11 is 5.94. The maximum Gasteiger partial charge on any atom is 0.137 e. The Kier molecular flexibility index (Phi) is 2.58. The molecule has 3 rings (SSSR count). The van der Waals surface area contributed by atoms with Crippen LogP contribution in [-0.4, -0.2) is 22.0 Å². The molecule has 0 bridgehead atoms. The van der Waals surface area contributed by atoms with Gasteiger partial charge in [-0.25, -0.2) is 4.98 Å². The van der Waals surface area contributed by atoms with Crippen LogP contribution in [0.4, 0.5) is 0 Å². The summed E-state index contributed by atoms with van der Waals surface area (Å²) in [5.74, 6) is 0. The average Bonchev–Trinajstić information content (AvgIpc) is 2.86. The molecule has 1 atom stereocenters. The van der Waals surface area contributed by atoms with Crippen LogP contribution in [0.2, 0.25) is 5.02 Å². The van der Waals surface area contributed by atoms with Crippen LogP contribution < -0.4 is 5.32 Å². The fourth-order valence-electron chi connectivity index (χ4n) is 2.30. The second-order valence-electron chi connectivity index (χ2n) is 4.34. The molecule has 4 heteroatoms. The highest BCUT2D eigenvalue weighted by Crippen LogP contribution is 2.15. The van der Waals surface area contributed by atoms with Gasteiger partial charge >= 0.3 is 0 Å². The molecule has 2 aromatic heterocycles. The molecule has 1 aliphatic rings. The van der Waals surface area contributed by atoms with Gasteiger partial charge in [-0.05, 0) is 31.5 Å². The molecule has 0 spiro atoms. The summed E-state index contributed by atoms with van der Waals surface area (Å²) in [5, 5.41) is 4.23. The number of halogens is 1. The molecule has 0 aliphatic carbocycles. The second kappa shape index (κ2) is 4.07. The van der Waals surface area contributed by atoms with E-state index in [-0.39, 0.29) is 0 Å². The molecule has 3 heterocycles. The lowest BCUT2D eigenvalue weighted by Gasteiger charge is -2.06. The zero-order chi connectivity index (χ0) is 11.0. The van der Waals surface area contributed by atoms with Crippen LogP contribution in [0.3, 0.4) is 0 Å². The lowest BCUT2D eigenvalue weighted by molar-refractivity contribution is 0.597. The van der Waals surface area contributed by atoms with Crippen molar-refractivity contribution in [3.05, 3.63) is 35.2 Å². The van der Waals surface area contributed by atoms with E-state index < -0.39 is 0 Å². The molecule has 0 amide bonds. The van der Waals surface area contributed by atoms with Crippen LogP contribution in [0.5, 0.6) is 0 Å². The number of aromatic nitrogens is 2. The fraction of sp³-hybridized carbons (Fsp3) is 0.417. The van der Waals surface area contributed by atoms with E-state index in [9.17, 15) is 0 Å². The summed E-state index contributed by atoms with van der Waals surface area (Å²) in [6, 6.07) is 4.43. The highest BCUT2D eigenvalue weighted by Gasteiger charge is 2.15. The predicted molar refractivity (Wildman–Crippen MR) is 64.9 cm³/mol. The van der Waals surface area contributed by atoms with Gasteiger partial charge in [0, 0.05) is 24.9 Å². The summed E-state index contributed by atoms with van der Waals surface area (Å²) in [6.45, 7) is 1.14. The first kappa shape index (κ1) is 10.1. The lowest BCUT2D eigenvalue weighted by atomic mass is 10.1. The smallest absolute Gasteiger partial charge is 0.137 e. The number of fused-ring (bicyclic) bond motifs is 1. The van der Waals surface area contributed by atoms with Crippen LogP contribution >= 0.6 is 11.6 Å². The van der Waals surface area contributed by atoms with Crippen molar-refractivity contribution in [1.29, 1.82) is 0 Å². The zero-order valence-electron chi connectivity index (χ0n) is 8.99. The predicted octanol–water partition coefficient (Wildman–Crippen LogP) is 2.28. The second-order valence-corrected chi connectivity index (χ2v) is 4.78. The highest BCUT2D eigenvalue weighted by atomic mass is 35.5. The Hall–Kier alpha value is -1.06. The van der Waals surface area contributed by atoms with Crippen molar-refractivity contribution >= 4 is 17.2 Å². The van der Waals surface area contributed by atoms with E-state index in [1.165, 1.54) is 12.8 Å². The Labute approximate surface area is 99.4 Å². The van der Waals surface area contributed by atoms with E-state index in [1.54, 1.807) is 0 Å². The van der Waals surface area contributed by atoms with Gasteiger partial charge in [-0.1, -0.05) is 11.6 Å². The molecule has 1 unspecified atom stereocenters. The summed E-state index contributed by atoms with van der Waals surface area (Å²) in [6.07, 6.45) is 7.52. The molecule has 1 aliphatic heterocycles. The molecule has 1 fully saturated rings. The van der Waals surface area contributed by atoms with Gasteiger partial charge in [-0.3, -0.25) is 0 Å². The Morgan fingerprint density at radius 1 is 1.44 bits per heavy atom. The fourth-order valence-corrected chi connectivity index (χ4v) is 2.47. The first-order valence-corrected chi connectivity index (χ1v) is 6.05. The first-order chi connectivity index (χ1) is 7.81. The first-order valence-electron chi connectivity index (χ1n) is 5.68. The van der Waals surface area contributed by atoms with Gasteiger partial charge in [-0.2, -0.15) is 0 Å². The van der Waals surface area contributed by atoms with Crippen molar-refractivity contribution in [2.45, 2.75) is 25.3 Å². The Bertz CT molecular complexity index is 500. The lowest BCUT2D eigenvalue weighted by Crippen LogP contribution is -2.23. The number of rotatable bonds is 2. The van der Waals surface area contributed by atoms with Gasteiger partial charge in [0.15, 0.2) is 0 Å².